The molecule has 11 aromatic rings. The molecule has 0 aliphatic rings. The van der Waals surface area contributed by atoms with E-state index in [1.54, 1.807) is 0 Å². The van der Waals surface area contributed by atoms with Gasteiger partial charge < -0.3 is 13.9 Å². The molecule has 0 unspecified atom stereocenters. The Kier molecular flexibility index (Phi) is 7.82. The second-order valence-electron chi connectivity index (χ2n) is 14.6. The lowest BCUT2D eigenvalue weighted by atomic mass is 9.99. The highest BCUT2D eigenvalue weighted by molar-refractivity contribution is 6.09. The minimum atomic E-state index is 0.906. The van der Waals surface area contributed by atoms with Crippen LogP contribution in [0.1, 0.15) is 0 Å². The molecule has 2 heterocycles. The van der Waals surface area contributed by atoms with Crippen LogP contribution in [0.2, 0.25) is 0 Å². The van der Waals surface area contributed by atoms with Crippen molar-refractivity contribution in [2.75, 3.05) is 4.90 Å². The average Bonchev–Trinajstić information content (AvgIpc) is 3.83. The van der Waals surface area contributed by atoms with Crippen molar-refractivity contribution in [2.45, 2.75) is 0 Å². The fourth-order valence-electron chi connectivity index (χ4n) is 8.42. The van der Waals surface area contributed by atoms with Crippen molar-refractivity contribution < 1.29 is 4.42 Å². The molecule has 0 N–H and O–H groups in total. The summed E-state index contributed by atoms with van der Waals surface area (Å²) in [5.41, 5.74) is 15.7. The van der Waals surface area contributed by atoms with Crippen LogP contribution in [0.3, 0.4) is 0 Å². The van der Waals surface area contributed by atoms with Crippen molar-refractivity contribution in [3.05, 3.63) is 218 Å². The van der Waals surface area contributed by atoms with Gasteiger partial charge in [-0.05, 0) is 112 Å². The number of rotatable bonds is 7. The molecular formula is C54H36N2O. The number of aromatic nitrogens is 1. The Labute approximate surface area is 330 Å². The van der Waals surface area contributed by atoms with Gasteiger partial charge >= 0.3 is 0 Å². The summed E-state index contributed by atoms with van der Waals surface area (Å²) < 4.78 is 8.57. The normalized spacial score (nSPS) is 11.5. The fraction of sp³-hybridized carbons (Fsp3) is 0. The zero-order valence-electron chi connectivity index (χ0n) is 31.1. The van der Waals surface area contributed by atoms with Crippen LogP contribution in [-0.2, 0) is 0 Å². The summed E-state index contributed by atoms with van der Waals surface area (Å²) in [5, 5.41) is 4.83. The first-order chi connectivity index (χ1) is 28.2. The molecule has 268 valence electrons. The minimum absolute atomic E-state index is 0.906. The number of hydrogen-bond acceptors (Lipinski definition) is 2. The number of para-hydroxylation sites is 4. The van der Waals surface area contributed by atoms with Gasteiger partial charge in [-0.1, -0.05) is 140 Å². The van der Waals surface area contributed by atoms with Crippen molar-refractivity contribution in [2.24, 2.45) is 0 Å². The molecule has 0 saturated carbocycles. The zero-order valence-corrected chi connectivity index (χ0v) is 31.1. The predicted octanol–water partition coefficient (Wildman–Crippen LogP) is 15.2. The van der Waals surface area contributed by atoms with Gasteiger partial charge in [0.1, 0.15) is 11.2 Å². The third kappa shape index (κ3) is 5.76. The smallest absolute Gasteiger partial charge is 0.136 e. The molecule has 57 heavy (non-hydrogen) atoms. The number of anilines is 3. The summed E-state index contributed by atoms with van der Waals surface area (Å²) >= 11 is 0. The van der Waals surface area contributed by atoms with Crippen LogP contribution in [0.15, 0.2) is 223 Å². The van der Waals surface area contributed by atoms with E-state index in [0.717, 1.165) is 55.8 Å². The molecule has 0 amide bonds. The van der Waals surface area contributed by atoms with Crippen LogP contribution in [0, 0.1) is 0 Å². The molecule has 0 aliphatic heterocycles. The average molecular weight is 729 g/mol. The van der Waals surface area contributed by atoms with Gasteiger partial charge in [0.2, 0.25) is 0 Å². The molecule has 9 aromatic carbocycles. The lowest BCUT2D eigenvalue weighted by molar-refractivity contribution is 0.669. The standard InChI is InChI=1S/C54H36N2O/c1-2-12-43(13-3-1)55(45-32-27-40(28-33-45)42-29-34-50-49-17-6-9-20-53(49)57-54(50)36-42)44-30-25-38(26-31-44)37-21-23-39(24-22-37)41-11-10-14-46(35-41)56-51-18-7-4-15-47(51)48-16-5-8-19-52(48)56/h1-36H. The largest absolute Gasteiger partial charge is 0.456 e. The van der Waals surface area contributed by atoms with Gasteiger partial charge in [-0.15, -0.1) is 0 Å². The van der Waals surface area contributed by atoms with E-state index in [0.29, 0.717) is 0 Å². The molecule has 0 radical (unpaired) electrons. The summed E-state index contributed by atoms with van der Waals surface area (Å²) in [6, 6.07) is 78.1. The molecule has 0 atom stereocenters. The number of furan rings is 1. The molecule has 11 rings (SSSR count). The molecule has 3 nitrogen and oxygen atoms in total. The summed E-state index contributed by atoms with van der Waals surface area (Å²) in [6.07, 6.45) is 0. The van der Waals surface area contributed by atoms with Crippen LogP contribution in [0.4, 0.5) is 17.1 Å². The molecule has 0 bridgehead atoms. The molecule has 0 fully saturated rings. The van der Waals surface area contributed by atoms with E-state index in [1.165, 1.54) is 44.1 Å². The Hall–Kier alpha value is -7.62. The van der Waals surface area contributed by atoms with E-state index in [1.807, 2.05) is 12.1 Å². The highest BCUT2D eigenvalue weighted by atomic mass is 16.3. The van der Waals surface area contributed by atoms with E-state index in [9.17, 15) is 0 Å². The zero-order chi connectivity index (χ0) is 37.7. The molecule has 0 aliphatic carbocycles. The maximum absolute atomic E-state index is 6.19. The lowest BCUT2D eigenvalue weighted by Crippen LogP contribution is -2.09. The van der Waals surface area contributed by atoms with Gasteiger partial charge in [-0.2, -0.15) is 0 Å². The Balaban J connectivity index is 0.874. The Morgan fingerprint density at radius 3 is 1.39 bits per heavy atom. The van der Waals surface area contributed by atoms with Crippen LogP contribution >= 0.6 is 0 Å². The topological polar surface area (TPSA) is 21.3 Å². The summed E-state index contributed by atoms with van der Waals surface area (Å²) in [7, 11) is 0. The van der Waals surface area contributed by atoms with Crippen LogP contribution in [0.5, 0.6) is 0 Å². The first kappa shape index (κ1) is 32.8. The van der Waals surface area contributed by atoms with Gasteiger partial charge in [0, 0.05) is 44.3 Å². The maximum Gasteiger partial charge on any atom is 0.136 e. The van der Waals surface area contributed by atoms with Crippen molar-refractivity contribution in [3.63, 3.8) is 0 Å². The summed E-state index contributed by atoms with van der Waals surface area (Å²) in [4.78, 5) is 2.31. The van der Waals surface area contributed by atoms with Gasteiger partial charge in [0.05, 0.1) is 11.0 Å². The highest BCUT2D eigenvalue weighted by Crippen LogP contribution is 2.39. The number of fused-ring (bicyclic) bond motifs is 6. The maximum atomic E-state index is 6.19. The molecule has 2 aromatic heterocycles. The molecular weight excluding hydrogens is 693 g/mol. The first-order valence-electron chi connectivity index (χ1n) is 19.4. The van der Waals surface area contributed by atoms with E-state index >= 15 is 0 Å². The van der Waals surface area contributed by atoms with Crippen molar-refractivity contribution in [3.8, 4) is 39.1 Å². The lowest BCUT2D eigenvalue weighted by Gasteiger charge is -2.26. The van der Waals surface area contributed by atoms with Gasteiger partial charge in [0.15, 0.2) is 0 Å². The van der Waals surface area contributed by atoms with Gasteiger partial charge in [-0.25, -0.2) is 0 Å². The Bertz CT molecular complexity index is 3160. The summed E-state index contributed by atoms with van der Waals surface area (Å²) in [6.45, 7) is 0. The number of hydrogen-bond donors (Lipinski definition) is 0. The monoisotopic (exact) mass is 728 g/mol. The van der Waals surface area contributed by atoms with Gasteiger partial charge in [0.25, 0.3) is 0 Å². The Morgan fingerprint density at radius 2 is 0.754 bits per heavy atom. The van der Waals surface area contributed by atoms with Crippen molar-refractivity contribution in [1.82, 2.24) is 4.57 Å². The van der Waals surface area contributed by atoms with E-state index in [-0.39, 0.29) is 0 Å². The SMILES string of the molecule is c1ccc(N(c2ccc(-c3ccc(-c4cccc(-n5c6ccccc6c6ccccc65)c4)cc3)cc2)c2ccc(-c3ccc4c(c3)oc3ccccc34)cc2)cc1. The third-order valence-electron chi connectivity index (χ3n) is 11.2. The highest BCUT2D eigenvalue weighted by Gasteiger charge is 2.15. The van der Waals surface area contributed by atoms with Crippen LogP contribution in [-0.4, -0.2) is 4.57 Å². The third-order valence-corrected chi connectivity index (χ3v) is 11.2. The van der Waals surface area contributed by atoms with E-state index < -0.39 is 0 Å². The van der Waals surface area contributed by atoms with E-state index in [4.69, 9.17) is 4.42 Å². The molecule has 0 saturated heterocycles. The fourth-order valence-corrected chi connectivity index (χ4v) is 8.42. The first-order valence-corrected chi connectivity index (χ1v) is 19.4. The van der Waals surface area contributed by atoms with E-state index in [2.05, 4.69) is 216 Å². The molecule has 3 heteroatoms. The molecule has 0 spiro atoms. The minimum Gasteiger partial charge on any atom is -0.456 e. The van der Waals surface area contributed by atoms with Crippen LogP contribution in [0.25, 0.3) is 82.8 Å². The number of nitrogens with zero attached hydrogens (tertiary/aromatic N) is 2. The predicted molar refractivity (Wildman–Crippen MR) is 239 cm³/mol. The quantitative estimate of drug-likeness (QED) is 0.163. The van der Waals surface area contributed by atoms with Crippen molar-refractivity contribution >= 4 is 60.8 Å². The second-order valence-corrected chi connectivity index (χ2v) is 14.6. The number of benzene rings is 9. The van der Waals surface area contributed by atoms with Crippen LogP contribution < -0.4 is 4.90 Å². The van der Waals surface area contributed by atoms with Crippen molar-refractivity contribution in [1.29, 1.82) is 0 Å². The second kappa shape index (κ2) is 13.6. The van der Waals surface area contributed by atoms with Gasteiger partial charge in [-0.3, -0.25) is 0 Å². The summed E-state index contributed by atoms with van der Waals surface area (Å²) in [5.74, 6) is 0. The Morgan fingerprint density at radius 1 is 0.298 bits per heavy atom.